The molecule has 1 aromatic carbocycles. The summed E-state index contributed by atoms with van der Waals surface area (Å²) in [4.78, 5) is 11.5. The number of fused-ring (bicyclic) bond motifs is 1. The second-order valence-electron chi connectivity index (χ2n) is 3.33. The van der Waals surface area contributed by atoms with E-state index in [2.05, 4.69) is 15.9 Å². The fraction of sp³-hybridized carbons (Fsp3) is 0.250. The number of ketones is 1. The van der Waals surface area contributed by atoms with Crippen molar-refractivity contribution in [2.75, 3.05) is 11.9 Å². The Morgan fingerprint density at radius 3 is 3.13 bits per heavy atom. The van der Waals surface area contributed by atoms with Gasteiger partial charge in [0.15, 0.2) is 5.78 Å². The molecule has 3 heteroatoms. The predicted molar refractivity (Wildman–Crippen MR) is 63.7 cm³/mol. The molecule has 1 aromatic rings. The summed E-state index contributed by atoms with van der Waals surface area (Å²) >= 11 is 3.32. The molecule has 0 atom stereocenters. The summed E-state index contributed by atoms with van der Waals surface area (Å²) in [6.07, 6.45) is 4.49. The SMILES string of the molecule is O=C1CCOc2cc(C=CCBr)ccc21. The Balaban J connectivity index is 2.33. The summed E-state index contributed by atoms with van der Waals surface area (Å²) in [5, 5.41) is 0.823. The average molecular weight is 267 g/mol. The first-order chi connectivity index (χ1) is 7.31. The van der Waals surface area contributed by atoms with Crippen LogP contribution in [0.15, 0.2) is 24.3 Å². The molecular weight excluding hydrogens is 256 g/mol. The van der Waals surface area contributed by atoms with Crippen molar-refractivity contribution in [2.45, 2.75) is 6.42 Å². The standard InChI is InChI=1S/C12H11BrO2/c13-6-1-2-9-3-4-10-11(14)5-7-15-12(10)8-9/h1-4,8H,5-7H2. The van der Waals surface area contributed by atoms with Crippen molar-refractivity contribution in [3.63, 3.8) is 0 Å². The Kier molecular flexibility index (Phi) is 3.21. The van der Waals surface area contributed by atoms with Crippen LogP contribution in [0, 0.1) is 0 Å². The molecule has 0 bridgehead atoms. The lowest BCUT2D eigenvalue weighted by Crippen LogP contribution is -2.15. The van der Waals surface area contributed by atoms with E-state index in [9.17, 15) is 4.79 Å². The van der Waals surface area contributed by atoms with E-state index in [1.54, 1.807) is 0 Å². The zero-order valence-corrected chi connectivity index (χ0v) is 9.79. The van der Waals surface area contributed by atoms with E-state index < -0.39 is 0 Å². The minimum atomic E-state index is 0.173. The molecule has 0 N–H and O–H groups in total. The van der Waals surface area contributed by atoms with Gasteiger partial charge in [-0.15, -0.1) is 0 Å². The van der Waals surface area contributed by atoms with Crippen molar-refractivity contribution < 1.29 is 9.53 Å². The first kappa shape index (κ1) is 10.4. The molecule has 78 valence electrons. The van der Waals surface area contributed by atoms with E-state index in [0.29, 0.717) is 24.3 Å². The van der Waals surface area contributed by atoms with E-state index in [0.717, 1.165) is 10.9 Å². The number of rotatable bonds is 2. The van der Waals surface area contributed by atoms with Gasteiger partial charge >= 0.3 is 0 Å². The normalized spacial score (nSPS) is 15.1. The highest BCUT2D eigenvalue weighted by atomic mass is 79.9. The number of carbonyl (C=O) groups excluding carboxylic acids is 1. The molecule has 0 radical (unpaired) electrons. The van der Waals surface area contributed by atoms with Crippen molar-refractivity contribution in [3.05, 3.63) is 35.4 Å². The van der Waals surface area contributed by atoms with Gasteiger partial charge in [0.2, 0.25) is 0 Å². The van der Waals surface area contributed by atoms with Gasteiger partial charge in [-0.05, 0) is 17.7 Å². The van der Waals surface area contributed by atoms with Crippen LogP contribution < -0.4 is 4.74 Å². The number of hydrogen-bond acceptors (Lipinski definition) is 2. The Hall–Kier alpha value is -1.09. The van der Waals surface area contributed by atoms with Crippen LogP contribution in [0.25, 0.3) is 6.08 Å². The molecule has 1 aliphatic heterocycles. The second kappa shape index (κ2) is 4.62. The van der Waals surface area contributed by atoms with Gasteiger partial charge in [0.1, 0.15) is 5.75 Å². The number of alkyl halides is 1. The third kappa shape index (κ3) is 2.29. The number of benzene rings is 1. The molecule has 2 rings (SSSR count). The number of ether oxygens (including phenoxy) is 1. The second-order valence-corrected chi connectivity index (χ2v) is 3.98. The zero-order valence-electron chi connectivity index (χ0n) is 8.20. The smallest absolute Gasteiger partial charge is 0.169 e. The van der Waals surface area contributed by atoms with Gasteiger partial charge in [0.25, 0.3) is 0 Å². The van der Waals surface area contributed by atoms with Crippen molar-refractivity contribution in [1.82, 2.24) is 0 Å². The lowest BCUT2D eigenvalue weighted by molar-refractivity contribution is 0.0933. The highest BCUT2D eigenvalue weighted by Crippen LogP contribution is 2.26. The van der Waals surface area contributed by atoms with Crippen molar-refractivity contribution in [1.29, 1.82) is 0 Å². The number of hydrogen-bond donors (Lipinski definition) is 0. The van der Waals surface area contributed by atoms with Crippen LogP contribution in [0.5, 0.6) is 5.75 Å². The summed E-state index contributed by atoms with van der Waals surface area (Å²) in [6, 6.07) is 5.68. The summed E-state index contributed by atoms with van der Waals surface area (Å²) in [7, 11) is 0. The molecule has 0 unspecified atom stereocenters. The van der Waals surface area contributed by atoms with E-state index in [1.165, 1.54) is 0 Å². The molecule has 0 saturated heterocycles. The molecule has 1 aliphatic rings. The molecule has 2 nitrogen and oxygen atoms in total. The Bertz CT molecular complexity index is 410. The number of carbonyl (C=O) groups is 1. The molecule has 0 amide bonds. The Labute approximate surface area is 97.1 Å². The first-order valence-electron chi connectivity index (χ1n) is 4.84. The molecule has 1 heterocycles. The van der Waals surface area contributed by atoms with E-state index in [1.807, 2.05) is 30.4 Å². The van der Waals surface area contributed by atoms with E-state index >= 15 is 0 Å². The number of allylic oxidation sites excluding steroid dienone is 1. The molecule has 0 saturated carbocycles. The summed E-state index contributed by atoms with van der Waals surface area (Å²) in [5.41, 5.74) is 1.76. The van der Waals surface area contributed by atoms with Crippen LogP contribution in [0.4, 0.5) is 0 Å². The van der Waals surface area contributed by atoms with Gasteiger partial charge in [-0.25, -0.2) is 0 Å². The van der Waals surface area contributed by atoms with Crippen LogP contribution in [0.3, 0.4) is 0 Å². The minimum absolute atomic E-state index is 0.173. The maximum absolute atomic E-state index is 11.5. The number of Topliss-reactive ketones (excluding diaryl/α,β-unsaturated/α-hetero) is 1. The molecule has 0 aromatic heterocycles. The van der Waals surface area contributed by atoms with Crippen molar-refractivity contribution in [2.24, 2.45) is 0 Å². The van der Waals surface area contributed by atoms with Gasteiger partial charge < -0.3 is 4.74 Å². The van der Waals surface area contributed by atoms with Gasteiger partial charge in [0, 0.05) is 11.8 Å². The maximum Gasteiger partial charge on any atom is 0.169 e. The predicted octanol–water partition coefficient (Wildman–Crippen LogP) is 3.06. The third-order valence-electron chi connectivity index (χ3n) is 2.29. The molecule has 0 spiro atoms. The molecule has 15 heavy (non-hydrogen) atoms. The lowest BCUT2D eigenvalue weighted by atomic mass is 10.0. The van der Waals surface area contributed by atoms with Gasteiger partial charge in [-0.2, -0.15) is 0 Å². The molecule has 0 fully saturated rings. The summed E-state index contributed by atoms with van der Waals surface area (Å²) in [6.45, 7) is 0.497. The zero-order chi connectivity index (χ0) is 10.7. The Morgan fingerprint density at radius 1 is 1.47 bits per heavy atom. The van der Waals surface area contributed by atoms with Crippen LogP contribution >= 0.6 is 15.9 Å². The monoisotopic (exact) mass is 266 g/mol. The quantitative estimate of drug-likeness (QED) is 0.770. The highest BCUT2D eigenvalue weighted by molar-refractivity contribution is 9.09. The third-order valence-corrected chi connectivity index (χ3v) is 2.67. The highest BCUT2D eigenvalue weighted by Gasteiger charge is 2.17. The molecular formula is C12H11BrO2. The van der Waals surface area contributed by atoms with E-state index in [-0.39, 0.29) is 5.78 Å². The van der Waals surface area contributed by atoms with Crippen LogP contribution in [-0.2, 0) is 0 Å². The van der Waals surface area contributed by atoms with E-state index in [4.69, 9.17) is 4.74 Å². The summed E-state index contributed by atoms with van der Waals surface area (Å²) < 4.78 is 5.45. The van der Waals surface area contributed by atoms with Gasteiger partial charge in [-0.1, -0.05) is 34.1 Å². The fourth-order valence-corrected chi connectivity index (χ4v) is 1.75. The average Bonchev–Trinajstić information content (AvgIpc) is 2.26. The largest absolute Gasteiger partial charge is 0.492 e. The molecule has 0 aliphatic carbocycles. The van der Waals surface area contributed by atoms with Crippen LogP contribution in [-0.4, -0.2) is 17.7 Å². The Morgan fingerprint density at radius 2 is 2.33 bits per heavy atom. The maximum atomic E-state index is 11.5. The lowest BCUT2D eigenvalue weighted by Gasteiger charge is -2.16. The minimum Gasteiger partial charge on any atom is -0.492 e. The summed E-state index contributed by atoms with van der Waals surface area (Å²) in [5.74, 6) is 0.884. The topological polar surface area (TPSA) is 26.3 Å². The van der Waals surface area contributed by atoms with Crippen molar-refractivity contribution in [3.8, 4) is 5.75 Å². The first-order valence-corrected chi connectivity index (χ1v) is 5.96. The number of halogens is 1. The fourth-order valence-electron chi connectivity index (χ4n) is 1.56. The van der Waals surface area contributed by atoms with Gasteiger partial charge in [-0.3, -0.25) is 4.79 Å². The van der Waals surface area contributed by atoms with Crippen molar-refractivity contribution >= 4 is 27.8 Å². The van der Waals surface area contributed by atoms with Crippen LogP contribution in [0.1, 0.15) is 22.3 Å². The van der Waals surface area contributed by atoms with Crippen LogP contribution in [0.2, 0.25) is 0 Å². The van der Waals surface area contributed by atoms with Gasteiger partial charge in [0.05, 0.1) is 12.2 Å².